The highest BCUT2D eigenvalue weighted by Gasteiger charge is 2.13. The van der Waals surface area contributed by atoms with Gasteiger partial charge in [0.05, 0.1) is 17.6 Å². The van der Waals surface area contributed by atoms with Crippen LogP contribution in [0.5, 0.6) is 5.75 Å². The van der Waals surface area contributed by atoms with Crippen molar-refractivity contribution in [1.29, 1.82) is 0 Å². The zero-order valence-electron chi connectivity index (χ0n) is 16.1. The van der Waals surface area contributed by atoms with Gasteiger partial charge >= 0.3 is 0 Å². The number of hydrogen-bond acceptors (Lipinski definition) is 2. The van der Waals surface area contributed by atoms with Crippen molar-refractivity contribution < 1.29 is 4.74 Å². The van der Waals surface area contributed by atoms with Crippen LogP contribution in [0.2, 0.25) is 10.0 Å². The van der Waals surface area contributed by atoms with E-state index in [-0.39, 0.29) is 0 Å². The molecule has 0 N–H and O–H groups in total. The van der Waals surface area contributed by atoms with E-state index in [1.165, 1.54) is 5.39 Å². The third-order valence-electron chi connectivity index (χ3n) is 5.17. The Morgan fingerprint density at radius 3 is 2.47 bits per heavy atom. The van der Waals surface area contributed by atoms with Gasteiger partial charge in [-0.25, -0.2) is 4.98 Å². The molecule has 1 aromatic heterocycles. The summed E-state index contributed by atoms with van der Waals surface area (Å²) in [6, 6.07) is 28.0. The van der Waals surface area contributed by atoms with Crippen LogP contribution in [0, 0.1) is 0 Å². The van der Waals surface area contributed by atoms with Gasteiger partial charge in [-0.15, -0.1) is 0 Å². The first-order valence-electron chi connectivity index (χ1n) is 9.67. The molecule has 3 nitrogen and oxygen atoms in total. The van der Waals surface area contributed by atoms with Gasteiger partial charge in [0.2, 0.25) is 0 Å². The highest BCUT2D eigenvalue weighted by molar-refractivity contribution is 6.35. The van der Waals surface area contributed by atoms with E-state index in [0.717, 1.165) is 33.6 Å². The minimum Gasteiger partial charge on any atom is -0.486 e. The van der Waals surface area contributed by atoms with Crippen LogP contribution in [-0.4, -0.2) is 9.55 Å². The fraction of sp³-hybridized carbons (Fsp3) is 0.0800. The van der Waals surface area contributed by atoms with Crippen molar-refractivity contribution >= 4 is 45.0 Å². The Kier molecular flexibility index (Phi) is 5.07. The van der Waals surface area contributed by atoms with Crippen LogP contribution in [0.3, 0.4) is 0 Å². The second-order valence-corrected chi connectivity index (χ2v) is 7.98. The molecule has 0 aliphatic rings. The summed E-state index contributed by atoms with van der Waals surface area (Å²) in [6.45, 7) is 0.950. The molecule has 148 valence electrons. The fourth-order valence-corrected chi connectivity index (χ4v) is 4.11. The lowest BCUT2D eigenvalue weighted by atomic mass is 10.1. The summed E-state index contributed by atoms with van der Waals surface area (Å²) in [5.41, 5.74) is 2.96. The number of para-hydroxylation sites is 2. The monoisotopic (exact) mass is 432 g/mol. The van der Waals surface area contributed by atoms with E-state index < -0.39 is 0 Å². The average Bonchev–Trinajstić information content (AvgIpc) is 3.11. The molecule has 0 fully saturated rings. The zero-order chi connectivity index (χ0) is 20.5. The number of imidazole rings is 1. The number of rotatable bonds is 5. The molecular weight excluding hydrogens is 415 g/mol. The van der Waals surface area contributed by atoms with Crippen LogP contribution in [0.1, 0.15) is 11.4 Å². The molecule has 0 amide bonds. The lowest BCUT2D eigenvalue weighted by Gasteiger charge is -2.12. The molecule has 5 rings (SSSR count). The van der Waals surface area contributed by atoms with E-state index in [2.05, 4.69) is 34.9 Å². The molecule has 5 heteroatoms. The van der Waals surface area contributed by atoms with Crippen molar-refractivity contribution in [3.05, 3.63) is 106 Å². The summed E-state index contributed by atoms with van der Waals surface area (Å²) in [6.07, 6.45) is 0. The highest BCUT2D eigenvalue weighted by Crippen LogP contribution is 2.26. The number of aromatic nitrogens is 2. The van der Waals surface area contributed by atoms with Crippen molar-refractivity contribution in [1.82, 2.24) is 9.55 Å². The number of ether oxygens (including phenoxy) is 1. The molecule has 0 saturated carbocycles. The normalized spacial score (nSPS) is 11.3. The van der Waals surface area contributed by atoms with Crippen molar-refractivity contribution in [3.8, 4) is 5.75 Å². The van der Waals surface area contributed by atoms with Gasteiger partial charge in [-0.05, 0) is 52.7 Å². The molecule has 0 atom stereocenters. The molecule has 4 aromatic carbocycles. The first kappa shape index (κ1) is 19.0. The molecule has 0 saturated heterocycles. The van der Waals surface area contributed by atoms with Crippen LogP contribution in [0.25, 0.3) is 21.8 Å². The Morgan fingerprint density at radius 2 is 1.60 bits per heavy atom. The minimum atomic E-state index is 0.359. The Labute approximate surface area is 184 Å². The second kappa shape index (κ2) is 8.02. The third kappa shape index (κ3) is 3.74. The lowest BCUT2D eigenvalue weighted by Crippen LogP contribution is -2.08. The van der Waals surface area contributed by atoms with Gasteiger partial charge in [-0.3, -0.25) is 0 Å². The maximum absolute atomic E-state index is 6.43. The quantitative estimate of drug-likeness (QED) is 0.295. The predicted molar refractivity (Wildman–Crippen MR) is 124 cm³/mol. The van der Waals surface area contributed by atoms with Crippen molar-refractivity contribution in [2.45, 2.75) is 13.2 Å². The van der Waals surface area contributed by atoms with E-state index in [1.54, 1.807) is 6.07 Å². The standard InChI is InChI=1S/C25H18Cl2N2O/c26-20-11-9-19(22(27)14-20)15-29-24-8-4-3-7-23(24)28-25(29)16-30-21-12-10-17-5-1-2-6-18(17)13-21/h1-14H,15-16H2. The first-order valence-corrected chi connectivity index (χ1v) is 10.4. The second-order valence-electron chi connectivity index (χ2n) is 7.14. The van der Waals surface area contributed by atoms with Crippen LogP contribution in [0.4, 0.5) is 0 Å². The largest absolute Gasteiger partial charge is 0.486 e. The van der Waals surface area contributed by atoms with E-state index >= 15 is 0 Å². The highest BCUT2D eigenvalue weighted by atomic mass is 35.5. The topological polar surface area (TPSA) is 27.1 Å². The number of fused-ring (bicyclic) bond motifs is 2. The number of halogens is 2. The molecule has 0 radical (unpaired) electrons. The molecular formula is C25H18Cl2N2O. The van der Waals surface area contributed by atoms with Crippen molar-refractivity contribution in [2.75, 3.05) is 0 Å². The summed E-state index contributed by atoms with van der Waals surface area (Å²) in [4.78, 5) is 4.80. The lowest BCUT2D eigenvalue weighted by molar-refractivity contribution is 0.291. The molecule has 0 aliphatic carbocycles. The summed E-state index contributed by atoms with van der Waals surface area (Å²) >= 11 is 12.5. The average molecular weight is 433 g/mol. The van der Waals surface area contributed by atoms with Gasteiger partial charge in [0, 0.05) is 10.0 Å². The maximum Gasteiger partial charge on any atom is 0.148 e. The van der Waals surface area contributed by atoms with Gasteiger partial charge in [0.15, 0.2) is 0 Å². The molecule has 0 bridgehead atoms. The van der Waals surface area contributed by atoms with E-state index in [9.17, 15) is 0 Å². The smallest absolute Gasteiger partial charge is 0.148 e. The Balaban J connectivity index is 1.47. The summed E-state index contributed by atoms with van der Waals surface area (Å²) in [7, 11) is 0. The summed E-state index contributed by atoms with van der Waals surface area (Å²) < 4.78 is 8.26. The summed E-state index contributed by atoms with van der Waals surface area (Å²) in [5.74, 6) is 1.66. The number of benzene rings is 4. The SMILES string of the molecule is Clc1ccc(Cn2c(COc3ccc4ccccc4c3)nc3ccccc32)c(Cl)c1. The number of nitrogens with zero attached hydrogens (tertiary/aromatic N) is 2. The van der Waals surface area contributed by atoms with Crippen LogP contribution >= 0.6 is 23.2 Å². The zero-order valence-corrected chi connectivity index (χ0v) is 17.6. The van der Waals surface area contributed by atoms with E-state index in [1.807, 2.05) is 48.5 Å². The molecule has 5 aromatic rings. The van der Waals surface area contributed by atoms with Gasteiger partial charge in [0.25, 0.3) is 0 Å². The fourth-order valence-electron chi connectivity index (χ4n) is 3.64. The van der Waals surface area contributed by atoms with Gasteiger partial charge in [-0.1, -0.05) is 71.7 Å². The van der Waals surface area contributed by atoms with Crippen molar-refractivity contribution in [2.24, 2.45) is 0 Å². The summed E-state index contributed by atoms with van der Waals surface area (Å²) in [5, 5.41) is 3.60. The molecule has 0 aliphatic heterocycles. The first-order chi connectivity index (χ1) is 14.7. The Bertz CT molecular complexity index is 1360. The Morgan fingerprint density at radius 1 is 0.800 bits per heavy atom. The van der Waals surface area contributed by atoms with Crippen LogP contribution in [0.15, 0.2) is 84.9 Å². The van der Waals surface area contributed by atoms with Crippen LogP contribution < -0.4 is 4.74 Å². The third-order valence-corrected chi connectivity index (χ3v) is 5.75. The maximum atomic E-state index is 6.43. The number of hydrogen-bond donors (Lipinski definition) is 0. The molecule has 30 heavy (non-hydrogen) atoms. The van der Waals surface area contributed by atoms with Gasteiger partial charge < -0.3 is 9.30 Å². The predicted octanol–water partition coefficient (Wildman–Crippen LogP) is 7.12. The van der Waals surface area contributed by atoms with Crippen molar-refractivity contribution in [3.63, 3.8) is 0 Å². The van der Waals surface area contributed by atoms with E-state index in [0.29, 0.717) is 23.2 Å². The molecule has 0 unspecified atom stereocenters. The minimum absolute atomic E-state index is 0.359. The van der Waals surface area contributed by atoms with Crippen LogP contribution in [-0.2, 0) is 13.2 Å². The van der Waals surface area contributed by atoms with E-state index in [4.69, 9.17) is 32.9 Å². The van der Waals surface area contributed by atoms with Gasteiger partial charge in [0.1, 0.15) is 18.2 Å². The Hall–Kier alpha value is -3.01. The van der Waals surface area contributed by atoms with Gasteiger partial charge in [-0.2, -0.15) is 0 Å². The molecule has 0 spiro atoms. The molecule has 1 heterocycles.